The maximum Gasteiger partial charge on any atom is 0.228 e. The summed E-state index contributed by atoms with van der Waals surface area (Å²) in [7, 11) is 0. The zero-order chi connectivity index (χ0) is 14.5. The fourth-order valence-corrected chi connectivity index (χ4v) is 3.36. The van der Waals surface area contributed by atoms with Crippen LogP contribution in [0, 0.1) is 5.92 Å². The Morgan fingerprint density at radius 3 is 2.85 bits per heavy atom. The molecule has 0 aliphatic heterocycles. The van der Waals surface area contributed by atoms with Crippen molar-refractivity contribution < 1.29 is 4.79 Å². The van der Waals surface area contributed by atoms with Gasteiger partial charge >= 0.3 is 0 Å². The zero-order valence-electron chi connectivity index (χ0n) is 11.1. The highest BCUT2D eigenvalue weighted by Crippen LogP contribution is 2.30. The summed E-state index contributed by atoms with van der Waals surface area (Å²) in [5.74, 6) is 0.605. The van der Waals surface area contributed by atoms with Crippen molar-refractivity contribution in [2.24, 2.45) is 5.92 Å². The van der Waals surface area contributed by atoms with Crippen molar-refractivity contribution >= 4 is 45.7 Å². The number of rotatable bonds is 5. The van der Waals surface area contributed by atoms with E-state index in [0.29, 0.717) is 5.13 Å². The van der Waals surface area contributed by atoms with E-state index in [1.54, 1.807) is 11.8 Å². The van der Waals surface area contributed by atoms with E-state index in [1.165, 1.54) is 11.3 Å². The molecule has 2 aromatic rings. The highest BCUT2D eigenvalue weighted by atomic mass is 35.5. The van der Waals surface area contributed by atoms with Crippen molar-refractivity contribution in [2.75, 3.05) is 5.32 Å². The Morgan fingerprint density at radius 1 is 1.40 bits per heavy atom. The number of carbonyl (C=O) groups excluding carboxylic acids is 1. The van der Waals surface area contributed by atoms with Crippen molar-refractivity contribution in [3.63, 3.8) is 0 Å². The van der Waals surface area contributed by atoms with Crippen LogP contribution in [0.15, 0.2) is 28.6 Å². The van der Waals surface area contributed by atoms with Crippen LogP contribution in [0.5, 0.6) is 0 Å². The lowest BCUT2D eigenvalue weighted by molar-refractivity contribution is -0.118. The molecule has 1 aromatic carbocycles. The molecule has 0 saturated carbocycles. The van der Waals surface area contributed by atoms with Gasteiger partial charge in [0.05, 0.1) is 0 Å². The topological polar surface area (TPSA) is 54.9 Å². The van der Waals surface area contributed by atoms with Crippen molar-refractivity contribution in [1.82, 2.24) is 10.2 Å². The predicted octanol–water partition coefficient (Wildman–Crippen LogP) is 4.08. The maximum absolute atomic E-state index is 11.5. The van der Waals surface area contributed by atoms with Crippen LogP contribution in [0.2, 0.25) is 5.02 Å². The molecule has 20 heavy (non-hydrogen) atoms. The van der Waals surface area contributed by atoms with Crippen molar-refractivity contribution in [3.05, 3.63) is 34.9 Å². The first-order valence-corrected chi connectivity index (χ1v) is 8.25. The van der Waals surface area contributed by atoms with E-state index in [9.17, 15) is 4.79 Å². The number of amides is 1. The van der Waals surface area contributed by atoms with Crippen LogP contribution in [-0.2, 0) is 10.5 Å². The lowest BCUT2D eigenvalue weighted by Gasteiger charge is -2.02. The highest BCUT2D eigenvalue weighted by Gasteiger charge is 2.11. The third-order valence-electron chi connectivity index (χ3n) is 2.47. The number of hydrogen-bond acceptors (Lipinski definition) is 5. The summed E-state index contributed by atoms with van der Waals surface area (Å²) < 4.78 is 0.809. The van der Waals surface area contributed by atoms with E-state index in [-0.39, 0.29) is 11.8 Å². The lowest BCUT2D eigenvalue weighted by Crippen LogP contribution is -2.17. The van der Waals surface area contributed by atoms with Crippen LogP contribution in [0.4, 0.5) is 5.13 Å². The average molecular weight is 328 g/mol. The molecule has 4 nitrogen and oxygen atoms in total. The monoisotopic (exact) mass is 327 g/mol. The summed E-state index contributed by atoms with van der Waals surface area (Å²) >= 11 is 9.02. The molecule has 2 rings (SSSR count). The lowest BCUT2D eigenvalue weighted by atomic mass is 10.2. The van der Waals surface area contributed by atoms with Crippen LogP contribution in [-0.4, -0.2) is 16.1 Å². The van der Waals surface area contributed by atoms with Crippen molar-refractivity contribution in [3.8, 4) is 0 Å². The second-order valence-electron chi connectivity index (χ2n) is 4.40. The minimum absolute atomic E-state index is 0.0520. The second-order valence-corrected chi connectivity index (χ2v) is 7.00. The molecule has 0 spiro atoms. The van der Waals surface area contributed by atoms with E-state index in [1.807, 2.05) is 38.1 Å². The first-order chi connectivity index (χ1) is 9.56. The minimum atomic E-state index is -0.0712. The van der Waals surface area contributed by atoms with Gasteiger partial charge < -0.3 is 5.32 Å². The van der Waals surface area contributed by atoms with E-state index in [4.69, 9.17) is 11.6 Å². The summed E-state index contributed by atoms with van der Waals surface area (Å²) in [6.45, 7) is 3.67. The maximum atomic E-state index is 11.5. The molecule has 106 valence electrons. The molecule has 0 bridgehead atoms. The van der Waals surface area contributed by atoms with Gasteiger partial charge in [0.15, 0.2) is 4.34 Å². The largest absolute Gasteiger partial charge is 0.300 e. The molecule has 1 heterocycles. The Labute approximate surface area is 130 Å². The van der Waals surface area contributed by atoms with E-state index in [0.717, 1.165) is 20.7 Å². The molecule has 0 saturated heterocycles. The number of nitrogens with one attached hydrogen (secondary N) is 1. The van der Waals surface area contributed by atoms with Gasteiger partial charge in [0.1, 0.15) is 0 Å². The number of thioether (sulfide) groups is 1. The predicted molar refractivity (Wildman–Crippen MR) is 84.4 cm³/mol. The SMILES string of the molecule is CC(C)C(=O)Nc1nnc(SCc2ccccc2Cl)s1. The molecule has 0 atom stereocenters. The van der Waals surface area contributed by atoms with Gasteiger partial charge in [0.2, 0.25) is 11.0 Å². The molecule has 0 aliphatic carbocycles. The fraction of sp³-hybridized carbons (Fsp3) is 0.308. The molecule has 1 aromatic heterocycles. The van der Waals surface area contributed by atoms with Crippen molar-refractivity contribution in [1.29, 1.82) is 0 Å². The van der Waals surface area contributed by atoms with Crippen LogP contribution < -0.4 is 5.32 Å². The van der Waals surface area contributed by atoms with Crippen molar-refractivity contribution in [2.45, 2.75) is 23.9 Å². The number of aromatic nitrogens is 2. The van der Waals surface area contributed by atoms with Gasteiger partial charge in [0.25, 0.3) is 0 Å². The third-order valence-corrected chi connectivity index (χ3v) is 4.86. The summed E-state index contributed by atoms with van der Waals surface area (Å²) in [4.78, 5) is 11.5. The Kier molecular flexibility index (Phi) is 5.39. The van der Waals surface area contributed by atoms with Gasteiger partial charge in [-0.3, -0.25) is 4.79 Å². The van der Waals surface area contributed by atoms with E-state index < -0.39 is 0 Å². The molecular weight excluding hydrogens is 314 g/mol. The van der Waals surface area contributed by atoms with Gasteiger partial charge in [-0.1, -0.05) is 66.7 Å². The number of benzene rings is 1. The molecule has 0 unspecified atom stereocenters. The molecular formula is C13H14ClN3OS2. The number of anilines is 1. The van der Waals surface area contributed by atoms with Crippen LogP contribution >= 0.6 is 34.7 Å². The number of nitrogens with zero attached hydrogens (tertiary/aromatic N) is 2. The number of hydrogen-bond donors (Lipinski definition) is 1. The Hall–Kier alpha value is -1.11. The van der Waals surface area contributed by atoms with Crippen LogP contribution in [0.25, 0.3) is 0 Å². The summed E-state index contributed by atoms with van der Waals surface area (Å²) in [5, 5.41) is 12.0. The normalized spacial score (nSPS) is 10.8. The average Bonchev–Trinajstić information content (AvgIpc) is 2.85. The van der Waals surface area contributed by atoms with Gasteiger partial charge in [0, 0.05) is 16.7 Å². The van der Waals surface area contributed by atoms with Gasteiger partial charge in [-0.2, -0.15) is 0 Å². The van der Waals surface area contributed by atoms with E-state index >= 15 is 0 Å². The number of carbonyl (C=O) groups is 1. The zero-order valence-corrected chi connectivity index (χ0v) is 13.5. The molecule has 0 fully saturated rings. The summed E-state index contributed by atoms with van der Waals surface area (Å²) in [5.41, 5.74) is 1.06. The first kappa shape index (κ1) is 15.3. The van der Waals surface area contributed by atoms with E-state index in [2.05, 4.69) is 15.5 Å². The summed E-state index contributed by atoms with van der Waals surface area (Å²) in [6, 6.07) is 7.71. The standard InChI is InChI=1S/C13H14ClN3OS2/c1-8(2)11(18)15-12-16-17-13(20-12)19-7-9-5-3-4-6-10(9)14/h3-6,8H,7H2,1-2H3,(H,15,16,18). The fourth-order valence-electron chi connectivity index (χ4n) is 1.32. The Morgan fingerprint density at radius 2 is 2.15 bits per heavy atom. The smallest absolute Gasteiger partial charge is 0.228 e. The van der Waals surface area contributed by atoms with Crippen LogP contribution in [0.3, 0.4) is 0 Å². The quantitative estimate of drug-likeness (QED) is 0.664. The Balaban J connectivity index is 1.93. The van der Waals surface area contributed by atoms with Crippen LogP contribution in [0.1, 0.15) is 19.4 Å². The van der Waals surface area contributed by atoms with Gasteiger partial charge in [-0.05, 0) is 11.6 Å². The first-order valence-electron chi connectivity index (χ1n) is 6.07. The summed E-state index contributed by atoms with van der Waals surface area (Å²) in [6.07, 6.45) is 0. The molecule has 1 amide bonds. The molecule has 1 N–H and O–H groups in total. The number of halogens is 1. The molecule has 0 radical (unpaired) electrons. The molecule has 0 aliphatic rings. The van der Waals surface area contributed by atoms with Gasteiger partial charge in [-0.25, -0.2) is 0 Å². The Bertz CT molecular complexity index is 601. The molecule has 7 heteroatoms. The third kappa shape index (κ3) is 4.19. The minimum Gasteiger partial charge on any atom is -0.300 e. The van der Waals surface area contributed by atoms with Gasteiger partial charge in [-0.15, -0.1) is 10.2 Å². The second kappa shape index (κ2) is 7.06. The highest BCUT2D eigenvalue weighted by molar-refractivity contribution is 8.00.